The standard InChI is InChI=1S/C23H25FN6O5S/c1-13-9-10-19(35-13)22-27-28-23(30(22)20-17(33-4)7-6-8-18(20)34-5)29-36(31,32)15(3)14(2)21-25-11-16(24)12-26-21/h6-12,14-15H,1-5H3,(H,28,29)/t14-,15+/m0/s1. The van der Waals surface area contributed by atoms with Gasteiger partial charge in [0.15, 0.2) is 11.6 Å². The second-order valence-corrected chi connectivity index (χ2v) is 10.0. The van der Waals surface area contributed by atoms with Gasteiger partial charge in [-0.3, -0.25) is 9.29 Å². The summed E-state index contributed by atoms with van der Waals surface area (Å²) in [5.41, 5.74) is 0.372. The van der Waals surface area contributed by atoms with Gasteiger partial charge in [-0.05, 0) is 38.1 Å². The molecule has 0 saturated heterocycles. The van der Waals surface area contributed by atoms with Gasteiger partial charge in [0.25, 0.3) is 0 Å². The van der Waals surface area contributed by atoms with E-state index in [9.17, 15) is 12.8 Å². The monoisotopic (exact) mass is 516 g/mol. The maximum atomic E-state index is 13.4. The number of hydrogen-bond donors (Lipinski definition) is 1. The van der Waals surface area contributed by atoms with E-state index < -0.39 is 27.0 Å². The minimum atomic E-state index is -4.06. The van der Waals surface area contributed by atoms with Crippen molar-refractivity contribution in [3.05, 3.63) is 60.1 Å². The highest BCUT2D eigenvalue weighted by atomic mass is 32.2. The Morgan fingerprint density at radius 2 is 1.67 bits per heavy atom. The zero-order valence-corrected chi connectivity index (χ0v) is 21.1. The van der Waals surface area contributed by atoms with Crippen molar-refractivity contribution in [3.8, 4) is 28.8 Å². The molecule has 36 heavy (non-hydrogen) atoms. The van der Waals surface area contributed by atoms with E-state index in [1.54, 1.807) is 44.2 Å². The minimum Gasteiger partial charge on any atom is -0.494 e. The number of benzene rings is 1. The highest BCUT2D eigenvalue weighted by molar-refractivity contribution is 7.93. The van der Waals surface area contributed by atoms with Crippen LogP contribution in [0.2, 0.25) is 0 Å². The molecule has 0 amide bonds. The van der Waals surface area contributed by atoms with E-state index in [0.29, 0.717) is 28.7 Å². The molecule has 1 N–H and O–H groups in total. The Kier molecular flexibility index (Phi) is 6.93. The molecule has 0 aliphatic carbocycles. The van der Waals surface area contributed by atoms with Crippen molar-refractivity contribution in [1.29, 1.82) is 0 Å². The van der Waals surface area contributed by atoms with Gasteiger partial charge in [-0.1, -0.05) is 13.0 Å². The Labute approximate surface area is 207 Å². The molecule has 190 valence electrons. The van der Waals surface area contributed by atoms with Gasteiger partial charge in [-0.2, -0.15) is 0 Å². The molecule has 0 bridgehead atoms. The number of para-hydroxylation sites is 1. The number of rotatable bonds is 9. The number of nitrogens with one attached hydrogen (secondary N) is 1. The van der Waals surface area contributed by atoms with Gasteiger partial charge in [0, 0.05) is 5.92 Å². The number of halogens is 1. The first-order valence-corrected chi connectivity index (χ1v) is 12.4. The van der Waals surface area contributed by atoms with E-state index in [4.69, 9.17) is 13.9 Å². The Balaban J connectivity index is 1.81. The van der Waals surface area contributed by atoms with E-state index in [1.807, 2.05) is 0 Å². The summed E-state index contributed by atoms with van der Waals surface area (Å²) in [5, 5.41) is 7.30. The van der Waals surface area contributed by atoms with Gasteiger partial charge in [-0.15, -0.1) is 10.2 Å². The molecule has 0 spiro atoms. The molecule has 0 saturated carbocycles. The van der Waals surface area contributed by atoms with E-state index in [-0.39, 0.29) is 17.6 Å². The Hall–Kier alpha value is -4.00. The van der Waals surface area contributed by atoms with Crippen molar-refractivity contribution in [3.63, 3.8) is 0 Å². The minimum absolute atomic E-state index is 0.110. The van der Waals surface area contributed by atoms with Gasteiger partial charge < -0.3 is 13.9 Å². The zero-order chi connectivity index (χ0) is 26.0. The molecular weight excluding hydrogens is 491 g/mol. The summed E-state index contributed by atoms with van der Waals surface area (Å²) in [7, 11) is -1.10. The largest absolute Gasteiger partial charge is 0.494 e. The molecular formula is C23H25FN6O5S. The molecule has 3 heterocycles. The van der Waals surface area contributed by atoms with Gasteiger partial charge in [0.2, 0.25) is 21.8 Å². The number of aryl methyl sites for hydroxylation is 1. The average molecular weight is 517 g/mol. The van der Waals surface area contributed by atoms with E-state index in [0.717, 1.165) is 12.4 Å². The van der Waals surface area contributed by atoms with Crippen LogP contribution in [0.25, 0.3) is 17.3 Å². The third kappa shape index (κ3) is 4.73. The fraction of sp³-hybridized carbons (Fsp3) is 0.304. The highest BCUT2D eigenvalue weighted by Crippen LogP contribution is 2.38. The number of sulfonamides is 1. The van der Waals surface area contributed by atoms with Crippen LogP contribution in [0.1, 0.15) is 31.4 Å². The number of methoxy groups -OCH3 is 2. The number of anilines is 1. The van der Waals surface area contributed by atoms with E-state index >= 15 is 0 Å². The molecule has 13 heteroatoms. The quantitative estimate of drug-likeness (QED) is 0.353. The van der Waals surface area contributed by atoms with Crippen LogP contribution >= 0.6 is 0 Å². The molecule has 4 rings (SSSR count). The first-order valence-electron chi connectivity index (χ1n) is 10.9. The Bertz CT molecular complexity index is 1450. The summed E-state index contributed by atoms with van der Waals surface area (Å²) in [5.74, 6) is 0.808. The lowest BCUT2D eigenvalue weighted by Crippen LogP contribution is -2.31. The van der Waals surface area contributed by atoms with E-state index in [2.05, 4.69) is 24.9 Å². The molecule has 1 aromatic carbocycles. The second kappa shape index (κ2) is 9.93. The predicted molar refractivity (Wildman–Crippen MR) is 129 cm³/mol. The first-order chi connectivity index (χ1) is 17.2. The van der Waals surface area contributed by atoms with Crippen LogP contribution in [0.4, 0.5) is 10.3 Å². The number of aromatic nitrogens is 5. The van der Waals surface area contributed by atoms with Crippen LogP contribution in [-0.4, -0.2) is 52.6 Å². The van der Waals surface area contributed by atoms with Crippen LogP contribution in [0.3, 0.4) is 0 Å². The first kappa shape index (κ1) is 25.1. The number of ether oxygens (including phenoxy) is 2. The number of furan rings is 1. The third-order valence-corrected chi connectivity index (χ3v) is 7.58. The molecule has 11 nitrogen and oxygen atoms in total. The Morgan fingerprint density at radius 1 is 1.03 bits per heavy atom. The lowest BCUT2D eigenvalue weighted by atomic mass is 10.1. The molecule has 4 aromatic rings. The van der Waals surface area contributed by atoms with Gasteiger partial charge in [0.1, 0.15) is 28.8 Å². The third-order valence-electron chi connectivity index (χ3n) is 5.72. The van der Waals surface area contributed by atoms with Gasteiger partial charge in [-0.25, -0.2) is 22.8 Å². The number of nitrogens with zero attached hydrogens (tertiary/aromatic N) is 5. The molecule has 0 radical (unpaired) electrons. The fourth-order valence-corrected chi connectivity index (χ4v) is 4.82. The predicted octanol–water partition coefficient (Wildman–Crippen LogP) is 3.72. The average Bonchev–Trinajstić information content (AvgIpc) is 3.48. The van der Waals surface area contributed by atoms with Gasteiger partial charge >= 0.3 is 0 Å². The van der Waals surface area contributed by atoms with Crippen LogP contribution in [0.5, 0.6) is 11.5 Å². The SMILES string of the molecule is COc1cccc(OC)c1-n1c(NS(=O)(=O)[C@H](C)[C@H](C)c2ncc(F)cn2)nnc1-c1ccc(C)o1. The lowest BCUT2D eigenvalue weighted by Gasteiger charge is -2.21. The molecule has 0 unspecified atom stereocenters. The zero-order valence-electron chi connectivity index (χ0n) is 20.3. The summed E-state index contributed by atoms with van der Waals surface area (Å²) in [4.78, 5) is 7.84. The van der Waals surface area contributed by atoms with Crippen LogP contribution in [0.15, 0.2) is 47.1 Å². The van der Waals surface area contributed by atoms with Crippen molar-refractivity contribution in [2.45, 2.75) is 31.9 Å². The molecule has 0 aliphatic heterocycles. The summed E-state index contributed by atoms with van der Waals surface area (Å²) in [6.07, 6.45) is 1.99. The molecule has 0 fully saturated rings. The van der Waals surface area contributed by atoms with Crippen molar-refractivity contribution in [2.75, 3.05) is 18.9 Å². The summed E-state index contributed by atoms with van der Waals surface area (Å²) in [6.45, 7) is 4.92. The van der Waals surface area contributed by atoms with Crippen LogP contribution < -0.4 is 14.2 Å². The topological polar surface area (TPSA) is 134 Å². The smallest absolute Gasteiger partial charge is 0.243 e. The maximum absolute atomic E-state index is 13.4. The van der Waals surface area contributed by atoms with Crippen molar-refractivity contribution in [2.24, 2.45) is 0 Å². The maximum Gasteiger partial charge on any atom is 0.243 e. The number of hydrogen-bond acceptors (Lipinski definition) is 9. The summed E-state index contributed by atoms with van der Waals surface area (Å²) in [6, 6.07) is 8.59. The molecule has 3 aromatic heterocycles. The van der Waals surface area contributed by atoms with Crippen LogP contribution in [-0.2, 0) is 10.0 Å². The van der Waals surface area contributed by atoms with Gasteiger partial charge in [0.05, 0.1) is 31.9 Å². The van der Waals surface area contributed by atoms with Crippen LogP contribution in [0, 0.1) is 12.7 Å². The van der Waals surface area contributed by atoms with Crippen molar-refractivity contribution >= 4 is 16.0 Å². The van der Waals surface area contributed by atoms with Crippen molar-refractivity contribution in [1.82, 2.24) is 24.7 Å². The lowest BCUT2D eigenvalue weighted by molar-refractivity contribution is 0.391. The molecule has 0 aliphatic rings. The Morgan fingerprint density at radius 3 is 2.22 bits per heavy atom. The fourth-order valence-electron chi connectivity index (χ4n) is 3.58. The van der Waals surface area contributed by atoms with Crippen molar-refractivity contribution < 1.29 is 26.7 Å². The summed E-state index contributed by atoms with van der Waals surface area (Å²) < 4.78 is 60.9. The van der Waals surface area contributed by atoms with E-state index in [1.165, 1.54) is 25.7 Å². The normalized spacial score (nSPS) is 13.3. The molecule has 2 atom stereocenters. The second-order valence-electron chi connectivity index (χ2n) is 8.00. The summed E-state index contributed by atoms with van der Waals surface area (Å²) >= 11 is 0. The highest BCUT2D eigenvalue weighted by Gasteiger charge is 2.32.